The van der Waals surface area contributed by atoms with Gasteiger partial charge in [-0.05, 0) is 7.05 Å². The molecule has 110 valence electrons. The molecule has 0 saturated carbocycles. The molecule has 8 N–H and O–H groups in total. The number of carbonyl (C=O) groups is 1. The van der Waals surface area contributed by atoms with E-state index in [-0.39, 0.29) is 6.54 Å². The predicted molar refractivity (Wildman–Crippen MR) is 59.8 cm³/mol. The molecule has 0 spiro atoms. The first-order valence-corrected chi connectivity index (χ1v) is 5.12. The number of aliphatic hydroxyl groups excluding tert-OH is 6. The van der Waals surface area contributed by atoms with Gasteiger partial charge in [-0.25, -0.2) is 0 Å². The molecule has 18 heavy (non-hydrogen) atoms. The average Bonchev–Trinajstić information content (AvgIpc) is 2.35. The summed E-state index contributed by atoms with van der Waals surface area (Å²) >= 11 is 0. The first-order chi connectivity index (χ1) is 8.31. The van der Waals surface area contributed by atoms with Crippen molar-refractivity contribution in [1.82, 2.24) is 5.32 Å². The van der Waals surface area contributed by atoms with E-state index in [9.17, 15) is 4.79 Å². The van der Waals surface area contributed by atoms with Crippen LogP contribution in [-0.4, -0.2) is 92.9 Å². The first-order valence-electron chi connectivity index (χ1n) is 5.12. The second-order valence-corrected chi connectivity index (χ2v) is 3.41. The maximum Gasteiger partial charge on any atom is 0.317 e. The van der Waals surface area contributed by atoms with E-state index >= 15 is 0 Å². The smallest absolute Gasteiger partial charge is 0.317 e. The molecule has 0 aliphatic rings. The summed E-state index contributed by atoms with van der Waals surface area (Å²) in [6.07, 6.45) is -6.39. The van der Waals surface area contributed by atoms with Gasteiger partial charge in [-0.3, -0.25) is 4.79 Å². The standard InChI is InChI=1S/C6H14O6.C3H7NO2/c7-1-3(9)5(11)6(12)4(10)2-8;1-4-2-3(5)6/h3-12H,1-2H2;4H,2H2,1H3,(H,5,6)/t3-,4-,5-,6-;/m1./s1. The number of nitrogens with one attached hydrogen (secondary N) is 1. The van der Waals surface area contributed by atoms with E-state index in [0.29, 0.717) is 0 Å². The molecular formula is C9H21NO8. The molecule has 0 aromatic carbocycles. The average molecular weight is 271 g/mol. The summed E-state index contributed by atoms with van der Waals surface area (Å²) in [5.41, 5.74) is 0. The number of aliphatic carboxylic acids is 1. The molecule has 0 heterocycles. The van der Waals surface area contributed by atoms with Gasteiger partial charge < -0.3 is 41.1 Å². The van der Waals surface area contributed by atoms with Crippen LogP contribution in [0.2, 0.25) is 0 Å². The Kier molecular flexibility index (Phi) is 12.2. The zero-order valence-electron chi connectivity index (χ0n) is 9.97. The zero-order valence-corrected chi connectivity index (χ0v) is 9.97. The summed E-state index contributed by atoms with van der Waals surface area (Å²) in [5.74, 6) is -0.822. The van der Waals surface area contributed by atoms with Crippen LogP contribution in [0, 0.1) is 0 Å². The Labute approximate surface area is 104 Å². The highest BCUT2D eigenvalue weighted by Crippen LogP contribution is 2.03. The Morgan fingerprint density at radius 2 is 1.33 bits per heavy atom. The number of hydrogen-bond donors (Lipinski definition) is 8. The van der Waals surface area contributed by atoms with Gasteiger partial charge in [-0.15, -0.1) is 0 Å². The minimum Gasteiger partial charge on any atom is -0.480 e. The molecule has 0 saturated heterocycles. The van der Waals surface area contributed by atoms with Gasteiger partial charge in [0.1, 0.15) is 24.4 Å². The van der Waals surface area contributed by atoms with Crippen LogP contribution in [0.5, 0.6) is 0 Å². The number of carboxylic acid groups (broad SMARTS) is 1. The fraction of sp³-hybridized carbons (Fsp3) is 0.889. The molecule has 0 aliphatic heterocycles. The van der Waals surface area contributed by atoms with Gasteiger partial charge in [0.25, 0.3) is 0 Å². The van der Waals surface area contributed by atoms with Crippen LogP contribution in [0.3, 0.4) is 0 Å². The molecule has 0 bridgehead atoms. The topological polar surface area (TPSA) is 171 Å². The van der Waals surface area contributed by atoms with Crippen LogP contribution in [0.1, 0.15) is 0 Å². The summed E-state index contributed by atoms with van der Waals surface area (Å²) in [4.78, 5) is 9.54. The first kappa shape index (κ1) is 19.5. The minimum absolute atomic E-state index is 0.0417. The van der Waals surface area contributed by atoms with E-state index in [2.05, 4.69) is 5.32 Å². The van der Waals surface area contributed by atoms with Crippen LogP contribution >= 0.6 is 0 Å². The second kappa shape index (κ2) is 11.3. The van der Waals surface area contributed by atoms with Gasteiger partial charge in [-0.2, -0.15) is 0 Å². The molecule has 0 aromatic heterocycles. The quantitative estimate of drug-likeness (QED) is 0.228. The maximum absolute atomic E-state index is 9.54. The summed E-state index contributed by atoms with van der Waals surface area (Å²) in [6, 6.07) is 0. The highest BCUT2D eigenvalue weighted by Gasteiger charge is 2.29. The van der Waals surface area contributed by atoms with Crippen molar-refractivity contribution in [3.63, 3.8) is 0 Å². The van der Waals surface area contributed by atoms with Crippen molar-refractivity contribution in [3.8, 4) is 0 Å². The van der Waals surface area contributed by atoms with E-state index < -0.39 is 43.6 Å². The third-order valence-corrected chi connectivity index (χ3v) is 1.84. The Bertz CT molecular complexity index is 201. The van der Waals surface area contributed by atoms with Gasteiger partial charge in [0.2, 0.25) is 0 Å². The molecule has 4 atom stereocenters. The maximum atomic E-state index is 9.54. The van der Waals surface area contributed by atoms with Crippen molar-refractivity contribution < 1.29 is 40.5 Å². The highest BCUT2D eigenvalue weighted by molar-refractivity contribution is 5.68. The van der Waals surface area contributed by atoms with Gasteiger partial charge in [0, 0.05) is 0 Å². The lowest BCUT2D eigenvalue weighted by Gasteiger charge is -2.24. The minimum atomic E-state index is -1.67. The number of carboxylic acids is 1. The largest absolute Gasteiger partial charge is 0.480 e. The van der Waals surface area contributed by atoms with Crippen molar-refractivity contribution in [1.29, 1.82) is 0 Å². The number of rotatable bonds is 7. The normalized spacial score (nSPS) is 17.1. The van der Waals surface area contributed by atoms with Crippen molar-refractivity contribution >= 4 is 5.97 Å². The number of likely N-dealkylation sites (N-methyl/N-ethyl adjacent to an activating group) is 1. The van der Waals surface area contributed by atoms with Crippen LogP contribution in [0.15, 0.2) is 0 Å². The van der Waals surface area contributed by atoms with Gasteiger partial charge >= 0.3 is 5.97 Å². The van der Waals surface area contributed by atoms with Crippen molar-refractivity contribution in [2.45, 2.75) is 24.4 Å². The Morgan fingerprint density at radius 3 is 1.44 bits per heavy atom. The lowest BCUT2D eigenvalue weighted by molar-refractivity contribution is -0.135. The summed E-state index contributed by atoms with van der Waals surface area (Å²) < 4.78 is 0. The van der Waals surface area contributed by atoms with E-state index in [4.69, 9.17) is 35.7 Å². The van der Waals surface area contributed by atoms with E-state index in [0.717, 1.165) is 0 Å². The predicted octanol–water partition coefficient (Wildman–Crippen LogP) is -4.29. The fourth-order valence-electron chi connectivity index (χ4n) is 0.822. The molecule has 9 heteroatoms. The van der Waals surface area contributed by atoms with E-state index in [1.165, 1.54) is 0 Å². The van der Waals surface area contributed by atoms with Crippen LogP contribution in [0.25, 0.3) is 0 Å². The van der Waals surface area contributed by atoms with Gasteiger partial charge in [0.15, 0.2) is 0 Å². The SMILES string of the molecule is CNCC(=O)O.OC[C@@H](O)[C@@H](O)[C@H](O)[C@H](O)CO. The molecule has 0 unspecified atom stereocenters. The van der Waals surface area contributed by atoms with Gasteiger partial charge in [0.05, 0.1) is 19.8 Å². The van der Waals surface area contributed by atoms with Crippen molar-refractivity contribution in [2.24, 2.45) is 0 Å². The van der Waals surface area contributed by atoms with Crippen molar-refractivity contribution in [3.05, 3.63) is 0 Å². The molecule has 0 aliphatic carbocycles. The third-order valence-electron chi connectivity index (χ3n) is 1.84. The second-order valence-electron chi connectivity index (χ2n) is 3.41. The summed E-state index contributed by atoms with van der Waals surface area (Å²) in [6.45, 7) is -1.41. The fourth-order valence-corrected chi connectivity index (χ4v) is 0.822. The monoisotopic (exact) mass is 271 g/mol. The Hall–Kier alpha value is -0.810. The molecule has 0 radical (unpaired) electrons. The number of aliphatic hydroxyl groups is 6. The van der Waals surface area contributed by atoms with Crippen LogP contribution in [-0.2, 0) is 4.79 Å². The Morgan fingerprint density at radius 1 is 1.00 bits per heavy atom. The molecule has 0 rings (SSSR count). The highest BCUT2D eigenvalue weighted by atomic mass is 16.4. The molecule has 9 nitrogen and oxygen atoms in total. The van der Waals surface area contributed by atoms with Crippen LogP contribution in [0.4, 0.5) is 0 Å². The van der Waals surface area contributed by atoms with Gasteiger partial charge in [-0.1, -0.05) is 0 Å². The summed E-state index contributed by atoms with van der Waals surface area (Å²) in [7, 11) is 1.59. The Balaban J connectivity index is 0. The third kappa shape index (κ3) is 9.24. The van der Waals surface area contributed by atoms with E-state index in [1.54, 1.807) is 7.05 Å². The zero-order chi connectivity index (χ0) is 14.7. The number of hydrogen-bond acceptors (Lipinski definition) is 8. The van der Waals surface area contributed by atoms with Crippen LogP contribution < -0.4 is 5.32 Å². The molecule has 0 fully saturated rings. The molecule has 0 amide bonds. The molecular weight excluding hydrogens is 250 g/mol. The lowest BCUT2D eigenvalue weighted by Crippen LogP contribution is -2.46. The molecule has 0 aromatic rings. The van der Waals surface area contributed by atoms with Crippen molar-refractivity contribution in [2.75, 3.05) is 26.8 Å². The van der Waals surface area contributed by atoms with E-state index in [1.807, 2.05) is 0 Å². The summed E-state index contributed by atoms with van der Waals surface area (Å²) in [5, 5.41) is 62.5. The lowest BCUT2D eigenvalue weighted by atomic mass is 10.0.